The van der Waals surface area contributed by atoms with Crippen LogP contribution in [0.5, 0.6) is 17.2 Å². The number of nitrogens with two attached hydrogens (primary N) is 1. The van der Waals surface area contributed by atoms with E-state index >= 15 is 0 Å². The summed E-state index contributed by atoms with van der Waals surface area (Å²) in [6.07, 6.45) is 10.1. The maximum atomic E-state index is 6.56. The first-order chi connectivity index (χ1) is 15.7. The highest BCUT2D eigenvalue weighted by atomic mass is 16.5. The normalized spacial score (nSPS) is 17.4. The lowest BCUT2D eigenvalue weighted by molar-refractivity contribution is 0.276. The number of rotatable bonds is 6. The summed E-state index contributed by atoms with van der Waals surface area (Å²) in [6.45, 7) is 2.40. The fourth-order valence-electron chi connectivity index (χ4n) is 4.54. The zero-order chi connectivity index (χ0) is 22.1. The van der Waals surface area contributed by atoms with E-state index in [0.29, 0.717) is 30.7 Å². The fraction of sp³-hybridized carbons (Fsp3) is 0.320. The number of pyridine rings is 1. The number of ether oxygens (including phenoxy) is 3. The van der Waals surface area contributed by atoms with E-state index in [-0.39, 0.29) is 0 Å². The molecule has 0 bridgehead atoms. The summed E-state index contributed by atoms with van der Waals surface area (Å²) in [5.74, 6) is 2.16. The SMILES string of the molecule is COc1ccc2c(N)c3c(cc2c1OC)CN(c1cncc(OC[C@H]2CCCN2)c1)C=C3. The Kier molecular flexibility index (Phi) is 5.49. The van der Waals surface area contributed by atoms with Crippen molar-refractivity contribution in [3.8, 4) is 17.2 Å². The summed E-state index contributed by atoms with van der Waals surface area (Å²) < 4.78 is 17.1. The molecule has 1 atom stereocenters. The van der Waals surface area contributed by atoms with Gasteiger partial charge in [-0.1, -0.05) is 0 Å². The van der Waals surface area contributed by atoms with Crippen LogP contribution in [0.4, 0.5) is 11.4 Å². The largest absolute Gasteiger partial charge is 0.493 e. The van der Waals surface area contributed by atoms with Gasteiger partial charge in [-0.3, -0.25) is 4.98 Å². The van der Waals surface area contributed by atoms with Crippen molar-refractivity contribution in [3.05, 3.63) is 54.0 Å². The highest BCUT2D eigenvalue weighted by molar-refractivity contribution is 6.03. The topological polar surface area (TPSA) is 81.9 Å². The van der Waals surface area contributed by atoms with Gasteiger partial charge in [-0.2, -0.15) is 0 Å². The van der Waals surface area contributed by atoms with Gasteiger partial charge in [0.15, 0.2) is 11.5 Å². The molecule has 3 aromatic rings. The minimum absolute atomic E-state index is 0.420. The molecule has 2 aliphatic heterocycles. The van der Waals surface area contributed by atoms with Crippen molar-refractivity contribution in [2.75, 3.05) is 38.0 Å². The second-order valence-electron chi connectivity index (χ2n) is 8.19. The highest BCUT2D eigenvalue weighted by Crippen LogP contribution is 2.42. The van der Waals surface area contributed by atoms with Crippen molar-refractivity contribution in [1.29, 1.82) is 0 Å². The Balaban J connectivity index is 1.44. The van der Waals surface area contributed by atoms with Gasteiger partial charge in [-0.05, 0) is 49.2 Å². The molecule has 7 heteroatoms. The van der Waals surface area contributed by atoms with Gasteiger partial charge in [-0.15, -0.1) is 0 Å². The number of benzene rings is 2. The molecule has 7 nitrogen and oxygen atoms in total. The first-order valence-corrected chi connectivity index (χ1v) is 10.9. The molecular formula is C25H28N4O3. The van der Waals surface area contributed by atoms with Crippen LogP contribution in [0.2, 0.25) is 0 Å². The first-order valence-electron chi connectivity index (χ1n) is 10.9. The molecule has 0 radical (unpaired) electrons. The molecule has 166 valence electrons. The van der Waals surface area contributed by atoms with Gasteiger partial charge in [0, 0.05) is 46.9 Å². The molecule has 2 aromatic carbocycles. The Hall–Kier alpha value is -3.45. The van der Waals surface area contributed by atoms with Crippen molar-refractivity contribution in [1.82, 2.24) is 10.3 Å². The molecular weight excluding hydrogens is 404 g/mol. The Bertz CT molecular complexity index is 1170. The van der Waals surface area contributed by atoms with Crippen LogP contribution in [0.15, 0.2) is 42.9 Å². The first kappa shape index (κ1) is 20.5. The Morgan fingerprint density at radius 3 is 2.84 bits per heavy atom. The number of hydrogen-bond donors (Lipinski definition) is 2. The lowest BCUT2D eigenvalue weighted by Crippen LogP contribution is -2.28. The van der Waals surface area contributed by atoms with Crippen molar-refractivity contribution in [2.24, 2.45) is 0 Å². The maximum Gasteiger partial charge on any atom is 0.168 e. The summed E-state index contributed by atoms with van der Waals surface area (Å²) in [4.78, 5) is 6.54. The molecule has 1 aromatic heterocycles. The molecule has 1 fully saturated rings. The number of nitrogens with zero attached hydrogens (tertiary/aromatic N) is 2. The molecule has 3 heterocycles. The molecule has 5 rings (SSSR count). The molecule has 0 aliphatic carbocycles. The molecule has 0 spiro atoms. The van der Waals surface area contributed by atoms with Crippen LogP contribution in [0.1, 0.15) is 24.0 Å². The van der Waals surface area contributed by atoms with Crippen LogP contribution in [0, 0.1) is 0 Å². The molecule has 32 heavy (non-hydrogen) atoms. The lowest BCUT2D eigenvalue weighted by Gasteiger charge is -2.27. The van der Waals surface area contributed by atoms with Crippen LogP contribution in [0.25, 0.3) is 16.8 Å². The lowest BCUT2D eigenvalue weighted by atomic mass is 9.95. The number of aromatic nitrogens is 1. The van der Waals surface area contributed by atoms with Gasteiger partial charge in [0.1, 0.15) is 12.4 Å². The van der Waals surface area contributed by atoms with Gasteiger partial charge in [0.05, 0.1) is 32.3 Å². The maximum absolute atomic E-state index is 6.56. The summed E-state index contributed by atoms with van der Waals surface area (Å²) in [6, 6.07) is 8.46. The minimum Gasteiger partial charge on any atom is -0.493 e. The molecule has 1 saturated heterocycles. The summed E-state index contributed by atoms with van der Waals surface area (Å²) in [5.41, 5.74) is 10.4. The smallest absolute Gasteiger partial charge is 0.168 e. The number of hydrogen-bond acceptors (Lipinski definition) is 7. The highest BCUT2D eigenvalue weighted by Gasteiger charge is 2.20. The average Bonchev–Trinajstić information content (AvgIpc) is 3.36. The molecule has 3 N–H and O–H groups in total. The van der Waals surface area contributed by atoms with Crippen LogP contribution >= 0.6 is 0 Å². The second kappa shape index (κ2) is 8.59. The number of anilines is 2. The predicted molar refractivity (Wildman–Crippen MR) is 127 cm³/mol. The zero-order valence-electron chi connectivity index (χ0n) is 18.4. The number of nitrogens with one attached hydrogen (secondary N) is 1. The molecule has 0 unspecified atom stereocenters. The van der Waals surface area contributed by atoms with Crippen molar-refractivity contribution in [2.45, 2.75) is 25.4 Å². The predicted octanol–water partition coefficient (Wildman–Crippen LogP) is 3.96. The third kappa shape index (κ3) is 3.69. The van der Waals surface area contributed by atoms with Crippen molar-refractivity contribution in [3.63, 3.8) is 0 Å². The Morgan fingerprint density at radius 2 is 2.06 bits per heavy atom. The average molecular weight is 433 g/mol. The van der Waals surface area contributed by atoms with Crippen LogP contribution in [-0.4, -0.2) is 38.4 Å². The van der Waals surface area contributed by atoms with E-state index in [0.717, 1.165) is 52.0 Å². The number of nitrogen functional groups attached to an aromatic ring is 1. The van der Waals surface area contributed by atoms with Crippen molar-refractivity contribution >= 4 is 28.2 Å². The number of methoxy groups -OCH3 is 2. The second-order valence-corrected chi connectivity index (χ2v) is 8.19. The third-order valence-corrected chi connectivity index (χ3v) is 6.23. The Labute approximate surface area is 187 Å². The van der Waals surface area contributed by atoms with Gasteiger partial charge in [-0.25, -0.2) is 0 Å². The fourth-order valence-corrected chi connectivity index (χ4v) is 4.54. The molecule has 2 aliphatic rings. The molecule has 0 amide bonds. The van der Waals surface area contributed by atoms with E-state index in [4.69, 9.17) is 19.9 Å². The molecule has 0 saturated carbocycles. The van der Waals surface area contributed by atoms with Gasteiger partial charge >= 0.3 is 0 Å². The van der Waals surface area contributed by atoms with Crippen LogP contribution in [0.3, 0.4) is 0 Å². The summed E-state index contributed by atoms with van der Waals surface area (Å²) in [7, 11) is 3.29. The number of fused-ring (bicyclic) bond motifs is 2. The van der Waals surface area contributed by atoms with Gasteiger partial charge in [0.2, 0.25) is 0 Å². The summed E-state index contributed by atoms with van der Waals surface area (Å²) in [5, 5.41) is 5.35. The minimum atomic E-state index is 0.420. The van der Waals surface area contributed by atoms with Gasteiger partial charge in [0.25, 0.3) is 0 Å². The summed E-state index contributed by atoms with van der Waals surface area (Å²) >= 11 is 0. The monoisotopic (exact) mass is 432 g/mol. The van der Waals surface area contributed by atoms with E-state index < -0.39 is 0 Å². The van der Waals surface area contributed by atoms with Crippen LogP contribution < -0.4 is 30.2 Å². The van der Waals surface area contributed by atoms with E-state index in [1.165, 1.54) is 6.42 Å². The standard InChI is InChI=1S/C25H28N4O3/c1-30-23-6-5-21-22(25(23)31-2)10-16-14-29(9-7-20(16)24(21)26)18-11-19(13-27-12-18)32-15-17-4-3-8-28-17/h5-7,9-13,17,28H,3-4,8,14-15,26H2,1-2H3/t17-/m1/s1. The quantitative estimate of drug-likeness (QED) is 0.571. The Morgan fingerprint density at radius 1 is 1.16 bits per heavy atom. The third-order valence-electron chi connectivity index (χ3n) is 6.23. The van der Waals surface area contributed by atoms with E-state index in [1.807, 2.05) is 30.6 Å². The van der Waals surface area contributed by atoms with Gasteiger partial charge < -0.3 is 30.2 Å². The van der Waals surface area contributed by atoms with E-state index in [2.05, 4.69) is 27.3 Å². The van der Waals surface area contributed by atoms with Crippen molar-refractivity contribution < 1.29 is 14.2 Å². The van der Waals surface area contributed by atoms with E-state index in [9.17, 15) is 0 Å². The zero-order valence-corrected chi connectivity index (χ0v) is 18.4. The van der Waals surface area contributed by atoms with Crippen LogP contribution in [-0.2, 0) is 6.54 Å². The van der Waals surface area contributed by atoms with E-state index in [1.54, 1.807) is 20.4 Å².